The summed E-state index contributed by atoms with van der Waals surface area (Å²) in [4.78, 5) is 43.0. The van der Waals surface area contributed by atoms with Crippen LogP contribution >= 0.6 is 0 Å². The summed E-state index contributed by atoms with van der Waals surface area (Å²) in [6.07, 6.45) is 2.60. The first-order valence-electron chi connectivity index (χ1n) is 11.4. The molecule has 9 heteroatoms. The van der Waals surface area contributed by atoms with E-state index in [0.717, 1.165) is 19.5 Å². The lowest BCUT2D eigenvalue weighted by Gasteiger charge is -2.12. The van der Waals surface area contributed by atoms with Crippen LogP contribution in [-0.4, -0.2) is 54.3 Å². The fraction of sp³-hybridized carbons (Fsp3) is 0.269. The number of aromatic nitrogens is 1. The lowest BCUT2D eigenvalue weighted by Crippen LogP contribution is -2.31. The molecule has 2 aromatic carbocycles. The molecular weight excluding hydrogens is 449 g/mol. The summed E-state index contributed by atoms with van der Waals surface area (Å²) in [5.41, 5.74) is 2.40. The number of amides is 3. The molecule has 0 radical (unpaired) electrons. The Hall–Kier alpha value is -3.98. The van der Waals surface area contributed by atoms with Gasteiger partial charge in [-0.05, 0) is 86.9 Å². The van der Waals surface area contributed by atoms with Crippen molar-refractivity contribution < 1.29 is 18.8 Å². The van der Waals surface area contributed by atoms with Gasteiger partial charge in [0.25, 0.3) is 17.7 Å². The Balaban J connectivity index is 1.34. The molecule has 0 aliphatic carbocycles. The van der Waals surface area contributed by atoms with Gasteiger partial charge in [0.2, 0.25) is 0 Å². The number of hydrogen-bond acceptors (Lipinski definition) is 4. The van der Waals surface area contributed by atoms with Crippen LogP contribution in [-0.2, 0) is 0 Å². The zero-order valence-corrected chi connectivity index (χ0v) is 19.7. The summed E-state index contributed by atoms with van der Waals surface area (Å²) in [6.45, 7) is 4.20. The van der Waals surface area contributed by atoms with Crippen molar-refractivity contribution in [1.82, 2.24) is 15.2 Å². The standard InChI is InChI=1S/C26H28FN5O3/c1-16-13-18(27)3-8-21(16)25(34)30-19-4-6-20(7-5-19)31-26(35)23-22(9-11-28-23)24(33)29-14-17-10-12-32(2)15-17/h3-9,11,13,17,28H,10,12,14-15H2,1-2H3,(H,29,33)(H,30,34)(H,31,35). The molecule has 1 aliphatic rings. The number of benzene rings is 2. The summed E-state index contributed by atoms with van der Waals surface area (Å²) in [5, 5.41) is 8.44. The fourth-order valence-electron chi connectivity index (χ4n) is 4.18. The lowest BCUT2D eigenvalue weighted by atomic mass is 10.1. The molecule has 0 spiro atoms. The number of H-pyrrole nitrogens is 1. The Labute approximate surface area is 202 Å². The summed E-state index contributed by atoms with van der Waals surface area (Å²) in [6, 6.07) is 12.1. The first kappa shape index (κ1) is 24.2. The third-order valence-electron chi connectivity index (χ3n) is 6.09. The van der Waals surface area contributed by atoms with E-state index in [-0.39, 0.29) is 23.1 Å². The van der Waals surface area contributed by atoms with E-state index in [2.05, 4.69) is 32.9 Å². The van der Waals surface area contributed by atoms with Crippen molar-refractivity contribution in [2.24, 2.45) is 5.92 Å². The number of hydrogen-bond donors (Lipinski definition) is 4. The molecule has 1 fully saturated rings. The van der Waals surface area contributed by atoms with E-state index in [1.54, 1.807) is 43.5 Å². The van der Waals surface area contributed by atoms with E-state index >= 15 is 0 Å². The zero-order chi connectivity index (χ0) is 24.9. The molecule has 8 nitrogen and oxygen atoms in total. The molecule has 182 valence electrons. The van der Waals surface area contributed by atoms with Gasteiger partial charge in [0.05, 0.1) is 5.56 Å². The predicted octanol–water partition coefficient (Wildman–Crippen LogP) is 3.65. The number of aromatic amines is 1. The fourth-order valence-corrected chi connectivity index (χ4v) is 4.18. The first-order chi connectivity index (χ1) is 16.8. The Bertz CT molecular complexity index is 1240. The molecule has 3 aromatic rings. The van der Waals surface area contributed by atoms with Gasteiger partial charge >= 0.3 is 0 Å². The minimum Gasteiger partial charge on any atom is -0.357 e. The van der Waals surface area contributed by atoms with Crippen LogP contribution in [0.4, 0.5) is 15.8 Å². The molecule has 1 atom stereocenters. The molecule has 0 saturated carbocycles. The number of anilines is 2. The molecule has 4 N–H and O–H groups in total. The van der Waals surface area contributed by atoms with Gasteiger partial charge in [-0.3, -0.25) is 14.4 Å². The third kappa shape index (κ3) is 5.93. The number of rotatable bonds is 7. The van der Waals surface area contributed by atoms with E-state index in [1.807, 2.05) is 0 Å². The second kappa shape index (κ2) is 10.5. The molecule has 1 unspecified atom stereocenters. The normalized spacial score (nSPS) is 15.6. The van der Waals surface area contributed by atoms with Crippen LogP contribution in [0.25, 0.3) is 0 Å². The molecule has 1 aliphatic heterocycles. The Morgan fingerprint density at radius 3 is 2.29 bits per heavy atom. The number of carbonyl (C=O) groups is 3. The Kier molecular flexibility index (Phi) is 7.26. The highest BCUT2D eigenvalue weighted by Crippen LogP contribution is 2.18. The average molecular weight is 478 g/mol. The van der Waals surface area contributed by atoms with Gasteiger partial charge in [0.15, 0.2) is 0 Å². The minimum atomic E-state index is -0.445. The number of aryl methyl sites for hydroxylation is 1. The van der Waals surface area contributed by atoms with Crippen molar-refractivity contribution >= 4 is 29.1 Å². The summed E-state index contributed by atoms with van der Waals surface area (Å²) < 4.78 is 13.3. The van der Waals surface area contributed by atoms with Gasteiger partial charge in [-0.25, -0.2) is 4.39 Å². The van der Waals surface area contributed by atoms with Crippen LogP contribution in [0.1, 0.15) is 43.2 Å². The van der Waals surface area contributed by atoms with E-state index < -0.39 is 11.7 Å². The van der Waals surface area contributed by atoms with Crippen molar-refractivity contribution in [3.8, 4) is 0 Å². The second-order valence-electron chi connectivity index (χ2n) is 8.84. The van der Waals surface area contributed by atoms with Crippen LogP contribution in [0.15, 0.2) is 54.7 Å². The van der Waals surface area contributed by atoms with Crippen molar-refractivity contribution in [3.05, 3.63) is 82.9 Å². The monoisotopic (exact) mass is 477 g/mol. The van der Waals surface area contributed by atoms with E-state index in [9.17, 15) is 18.8 Å². The van der Waals surface area contributed by atoms with Crippen molar-refractivity contribution in [1.29, 1.82) is 0 Å². The Morgan fingerprint density at radius 1 is 0.971 bits per heavy atom. The summed E-state index contributed by atoms with van der Waals surface area (Å²) in [5.74, 6) is -1.08. The molecular formula is C26H28FN5O3. The minimum absolute atomic E-state index is 0.176. The van der Waals surface area contributed by atoms with Gasteiger partial charge in [-0.2, -0.15) is 0 Å². The molecule has 35 heavy (non-hydrogen) atoms. The highest BCUT2D eigenvalue weighted by molar-refractivity contribution is 6.11. The summed E-state index contributed by atoms with van der Waals surface area (Å²) in [7, 11) is 2.06. The lowest BCUT2D eigenvalue weighted by molar-refractivity contribution is 0.0934. The average Bonchev–Trinajstić information content (AvgIpc) is 3.48. The van der Waals surface area contributed by atoms with E-state index in [1.165, 1.54) is 18.2 Å². The van der Waals surface area contributed by atoms with Crippen LogP contribution in [0.2, 0.25) is 0 Å². The maximum atomic E-state index is 13.3. The van der Waals surface area contributed by atoms with E-state index in [0.29, 0.717) is 35.0 Å². The highest BCUT2D eigenvalue weighted by Gasteiger charge is 2.22. The van der Waals surface area contributed by atoms with Gasteiger partial charge in [-0.15, -0.1) is 0 Å². The second-order valence-corrected chi connectivity index (χ2v) is 8.84. The van der Waals surface area contributed by atoms with Crippen molar-refractivity contribution in [2.45, 2.75) is 13.3 Å². The topological polar surface area (TPSA) is 106 Å². The molecule has 1 aromatic heterocycles. The largest absolute Gasteiger partial charge is 0.357 e. The molecule has 4 rings (SSSR count). The maximum absolute atomic E-state index is 13.3. The van der Waals surface area contributed by atoms with Crippen LogP contribution in [0, 0.1) is 18.7 Å². The van der Waals surface area contributed by atoms with Gasteiger partial charge < -0.3 is 25.8 Å². The SMILES string of the molecule is Cc1cc(F)ccc1C(=O)Nc1ccc(NC(=O)c2[nH]ccc2C(=O)NCC2CCN(C)C2)cc1. The van der Waals surface area contributed by atoms with E-state index in [4.69, 9.17) is 0 Å². The summed E-state index contributed by atoms with van der Waals surface area (Å²) >= 11 is 0. The number of halogens is 1. The highest BCUT2D eigenvalue weighted by atomic mass is 19.1. The number of carbonyl (C=O) groups excluding carboxylic acids is 3. The maximum Gasteiger partial charge on any atom is 0.272 e. The molecule has 0 bridgehead atoms. The van der Waals surface area contributed by atoms with Crippen molar-refractivity contribution in [3.63, 3.8) is 0 Å². The van der Waals surface area contributed by atoms with Crippen molar-refractivity contribution in [2.75, 3.05) is 37.3 Å². The quantitative estimate of drug-likeness (QED) is 0.417. The van der Waals surface area contributed by atoms with Crippen LogP contribution in [0.3, 0.4) is 0 Å². The molecule has 1 saturated heterocycles. The molecule has 3 amide bonds. The predicted molar refractivity (Wildman–Crippen MR) is 132 cm³/mol. The number of nitrogens with one attached hydrogen (secondary N) is 4. The first-order valence-corrected chi connectivity index (χ1v) is 11.4. The molecule has 2 heterocycles. The number of nitrogens with zero attached hydrogens (tertiary/aromatic N) is 1. The zero-order valence-electron chi connectivity index (χ0n) is 19.7. The van der Waals surface area contributed by atoms with Gasteiger partial charge in [-0.1, -0.05) is 0 Å². The van der Waals surface area contributed by atoms with Crippen LogP contribution < -0.4 is 16.0 Å². The Morgan fingerprint density at radius 2 is 1.66 bits per heavy atom. The number of likely N-dealkylation sites (tertiary alicyclic amines) is 1. The van der Waals surface area contributed by atoms with Crippen LogP contribution in [0.5, 0.6) is 0 Å². The van der Waals surface area contributed by atoms with Gasteiger partial charge in [0, 0.05) is 36.2 Å². The van der Waals surface area contributed by atoms with Gasteiger partial charge in [0.1, 0.15) is 11.5 Å². The third-order valence-corrected chi connectivity index (χ3v) is 6.09. The smallest absolute Gasteiger partial charge is 0.272 e.